The van der Waals surface area contributed by atoms with Gasteiger partial charge in [0, 0.05) is 25.9 Å². The zero-order valence-electron chi connectivity index (χ0n) is 23.4. The summed E-state index contributed by atoms with van der Waals surface area (Å²) in [5.41, 5.74) is 2.72. The molecule has 0 spiro atoms. The Morgan fingerprint density at radius 1 is 0.825 bits per heavy atom. The van der Waals surface area contributed by atoms with Crippen LogP contribution in [0, 0.1) is 0 Å². The van der Waals surface area contributed by atoms with Crippen molar-refractivity contribution in [1.82, 2.24) is 10.2 Å². The number of amides is 2. The summed E-state index contributed by atoms with van der Waals surface area (Å²) in [6, 6.07) is 20.1. The lowest BCUT2D eigenvalue weighted by molar-refractivity contribution is -0.141. The van der Waals surface area contributed by atoms with Crippen LogP contribution in [-0.4, -0.2) is 42.5 Å². The van der Waals surface area contributed by atoms with Crippen LogP contribution in [0.3, 0.4) is 0 Å². The van der Waals surface area contributed by atoms with Crippen molar-refractivity contribution in [2.75, 3.05) is 19.8 Å². The predicted octanol–water partition coefficient (Wildman–Crippen LogP) is 6.89. The first kappa shape index (κ1) is 31.3. The summed E-state index contributed by atoms with van der Waals surface area (Å²) in [5.74, 6) is 1.02. The Labute approximate surface area is 247 Å². The van der Waals surface area contributed by atoms with Gasteiger partial charge in [0.1, 0.15) is 6.04 Å². The van der Waals surface area contributed by atoms with E-state index in [1.165, 1.54) is 0 Å². The first-order valence-electron chi connectivity index (χ1n) is 13.8. The van der Waals surface area contributed by atoms with Gasteiger partial charge in [0.05, 0.1) is 23.3 Å². The van der Waals surface area contributed by atoms with Crippen LogP contribution >= 0.6 is 23.2 Å². The number of rotatable bonds is 15. The molecule has 0 heterocycles. The fraction of sp³-hybridized carbons (Fsp3) is 0.375. The highest BCUT2D eigenvalue weighted by molar-refractivity contribution is 6.42. The lowest BCUT2D eigenvalue weighted by Crippen LogP contribution is -2.50. The zero-order chi connectivity index (χ0) is 28.9. The van der Waals surface area contributed by atoms with Gasteiger partial charge in [-0.25, -0.2) is 0 Å². The van der Waals surface area contributed by atoms with Crippen molar-refractivity contribution in [3.63, 3.8) is 0 Å². The van der Waals surface area contributed by atoms with Gasteiger partial charge in [0.2, 0.25) is 11.8 Å². The van der Waals surface area contributed by atoms with E-state index in [2.05, 4.69) is 5.32 Å². The van der Waals surface area contributed by atoms with Crippen molar-refractivity contribution in [2.24, 2.45) is 0 Å². The Hall–Kier alpha value is -3.22. The lowest BCUT2D eigenvalue weighted by Gasteiger charge is -2.32. The maximum Gasteiger partial charge on any atom is 0.243 e. The van der Waals surface area contributed by atoms with Gasteiger partial charge in [-0.2, -0.15) is 0 Å². The molecule has 0 unspecified atom stereocenters. The highest BCUT2D eigenvalue weighted by atomic mass is 35.5. The molecule has 3 aromatic carbocycles. The van der Waals surface area contributed by atoms with Crippen LogP contribution in [0.15, 0.2) is 66.7 Å². The minimum absolute atomic E-state index is 0.134. The molecule has 0 bridgehead atoms. The van der Waals surface area contributed by atoms with Crippen LogP contribution in [0.5, 0.6) is 11.5 Å². The molecule has 1 atom stereocenters. The SMILES string of the molecule is CCCNC(=O)[C@@H](Cc1ccccc1)N(Cc1ccc(Cl)c(Cl)c1)C(=O)CCc1ccc(OCC)c(OCC)c1. The lowest BCUT2D eigenvalue weighted by atomic mass is 10.0. The number of aryl methyl sites for hydroxylation is 1. The van der Waals surface area contributed by atoms with Gasteiger partial charge in [-0.15, -0.1) is 0 Å². The molecule has 2 amide bonds. The van der Waals surface area contributed by atoms with Crippen LogP contribution in [0.1, 0.15) is 50.3 Å². The van der Waals surface area contributed by atoms with Crippen molar-refractivity contribution in [1.29, 1.82) is 0 Å². The van der Waals surface area contributed by atoms with Crippen molar-refractivity contribution >= 4 is 35.0 Å². The van der Waals surface area contributed by atoms with Crippen LogP contribution in [0.25, 0.3) is 0 Å². The summed E-state index contributed by atoms with van der Waals surface area (Å²) < 4.78 is 11.4. The second-order valence-corrected chi connectivity index (χ2v) is 10.2. The molecule has 0 aliphatic rings. The number of hydrogen-bond acceptors (Lipinski definition) is 4. The van der Waals surface area contributed by atoms with Crippen molar-refractivity contribution in [3.05, 3.63) is 93.5 Å². The summed E-state index contributed by atoms with van der Waals surface area (Å²) in [5, 5.41) is 3.84. The van der Waals surface area contributed by atoms with E-state index < -0.39 is 6.04 Å². The Balaban J connectivity index is 1.90. The number of halogens is 2. The summed E-state index contributed by atoms with van der Waals surface area (Å²) in [6.07, 6.45) is 1.89. The molecule has 214 valence electrons. The molecule has 0 aliphatic carbocycles. The van der Waals surface area contributed by atoms with Gasteiger partial charge < -0.3 is 19.7 Å². The largest absolute Gasteiger partial charge is 0.490 e. The maximum absolute atomic E-state index is 13.9. The number of nitrogens with one attached hydrogen (secondary N) is 1. The molecule has 0 aromatic heterocycles. The number of carbonyl (C=O) groups is 2. The van der Waals surface area contributed by atoms with E-state index in [0.29, 0.717) is 54.1 Å². The molecule has 6 nitrogen and oxygen atoms in total. The third kappa shape index (κ3) is 9.17. The molecule has 8 heteroatoms. The second-order valence-electron chi connectivity index (χ2n) is 9.41. The zero-order valence-corrected chi connectivity index (χ0v) is 24.9. The average molecular weight is 586 g/mol. The van der Waals surface area contributed by atoms with Gasteiger partial charge in [-0.3, -0.25) is 9.59 Å². The van der Waals surface area contributed by atoms with E-state index in [4.69, 9.17) is 32.7 Å². The number of nitrogens with zero attached hydrogens (tertiary/aromatic N) is 1. The van der Waals surface area contributed by atoms with Crippen LogP contribution < -0.4 is 14.8 Å². The quantitative estimate of drug-likeness (QED) is 0.211. The molecule has 0 saturated carbocycles. The number of hydrogen-bond donors (Lipinski definition) is 1. The van der Waals surface area contributed by atoms with Gasteiger partial charge >= 0.3 is 0 Å². The van der Waals surface area contributed by atoms with E-state index in [0.717, 1.165) is 23.1 Å². The first-order valence-corrected chi connectivity index (χ1v) is 14.5. The van der Waals surface area contributed by atoms with Gasteiger partial charge in [0.25, 0.3) is 0 Å². The molecule has 3 aromatic rings. The molecule has 0 aliphatic heterocycles. The van der Waals surface area contributed by atoms with Crippen molar-refractivity contribution < 1.29 is 19.1 Å². The van der Waals surface area contributed by atoms with E-state index in [1.807, 2.05) is 75.4 Å². The number of carbonyl (C=O) groups excluding carboxylic acids is 2. The minimum atomic E-state index is -0.699. The molecular formula is C32H38Cl2N2O4. The smallest absolute Gasteiger partial charge is 0.243 e. The van der Waals surface area contributed by atoms with Crippen LogP contribution in [0.2, 0.25) is 10.0 Å². The van der Waals surface area contributed by atoms with E-state index in [-0.39, 0.29) is 24.8 Å². The molecule has 1 N–H and O–H groups in total. The highest BCUT2D eigenvalue weighted by Gasteiger charge is 2.30. The Morgan fingerprint density at radius 3 is 2.20 bits per heavy atom. The summed E-state index contributed by atoms with van der Waals surface area (Å²) in [6.45, 7) is 7.64. The van der Waals surface area contributed by atoms with Crippen molar-refractivity contribution in [3.8, 4) is 11.5 Å². The topological polar surface area (TPSA) is 67.9 Å². The van der Waals surface area contributed by atoms with E-state index in [9.17, 15) is 9.59 Å². The molecule has 40 heavy (non-hydrogen) atoms. The van der Waals surface area contributed by atoms with Crippen LogP contribution in [0.4, 0.5) is 0 Å². The Bertz CT molecular complexity index is 1250. The standard InChI is InChI=1S/C32H38Cl2N2O4/c1-4-18-35-32(38)28(20-23-10-8-7-9-11-23)36(22-25-12-15-26(33)27(34)19-25)31(37)17-14-24-13-16-29(39-5-2)30(21-24)40-6-3/h7-13,15-16,19,21,28H,4-6,14,17-18,20,22H2,1-3H3,(H,35,38)/t28-/m1/s1. The van der Waals surface area contributed by atoms with E-state index >= 15 is 0 Å². The van der Waals surface area contributed by atoms with Crippen molar-refractivity contribution in [2.45, 2.75) is 59.0 Å². The molecule has 3 rings (SSSR count). The third-order valence-corrected chi connectivity index (χ3v) is 7.13. The number of benzene rings is 3. The highest BCUT2D eigenvalue weighted by Crippen LogP contribution is 2.29. The fourth-order valence-electron chi connectivity index (χ4n) is 4.40. The monoisotopic (exact) mass is 584 g/mol. The summed E-state index contributed by atoms with van der Waals surface area (Å²) in [7, 11) is 0. The summed E-state index contributed by atoms with van der Waals surface area (Å²) >= 11 is 12.4. The van der Waals surface area contributed by atoms with Gasteiger partial charge in [-0.05, 0) is 67.6 Å². The minimum Gasteiger partial charge on any atom is -0.490 e. The number of ether oxygens (including phenoxy) is 2. The first-order chi connectivity index (χ1) is 19.4. The van der Waals surface area contributed by atoms with Gasteiger partial charge in [-0.1, -0.05) is 72.6 Å². The van der Waals surface area contributed by atoms with Crippen LogP contribution in [-0.2, 0) is 29.0 Å². The normalized spacial score (nSPS) is 11.5. The molecule has 0 radical (unpaired) electrons. The molecular weight excluding hydrogens is 547 g/mol. The molecule has 0 saturated heterocycles. The molecule has 0 fully saturated rings. The average Bonchev–Trinajstić information content (AvgIpc) is 2.96. The maximum atomic E-state index is 13.9. The Kier molecular flexibility index (Phi) is 12.6. The second kappa shape index (κ2) is 16.1. The summed E-state index contributed by atoms with van der Waals surface area (Å²) in [4.78, 5) is 29.0. The predicted molar refractivity (Wildman–Crippen MR) is 161 cm³/mol. The van der Waals surface area contributed by atoms with E-state index in [1.54, 1.807) is 17.0 Å². The van der Waals surface area contributed by atoms with Gasteiger partial charge in [0.15, 0.2) is 11.5 Å². The third-order valence-electron chi connectivity index (χ3n) is 6.39. The fourth-order valence-corrected chi connectivity index (χ4v) is 4.72. The Morgan fingerprint density at radius 2 is 1.52 bits per heavy atom.